The number of amides is 3. The number of halogens is 2. The van der Waals surface area contributed by atoms with Gasteiger partial charge in [-0.25, -0.2) is 4.68 Å². The second-order valence-corrected chi connectivity index (χ2v) is 8.45. The highest BCUT2D eigenvalue weighted by Crippen LogP contribution is 2.29. The first-order valence-electron chi connectivity index (χ1n) is 10.5. The van der Waals surface area contributed by atoms with Crippen LogP contribution in [0, 0.1) is 0 Å². The van der Waals surface area contributed by atoms with E-state index in [9.17, 15) is 14.4 Å². The lowest BCUT2D eigenvalue weighted by Crippen LogP contribution is -2.42. The molecule has 3 aromatic rings. The highest BCUT2D eigenvalue weighted by atomic mass is 35.5. The second kappa shape index (κ2) is 10.3. The lowest BCUT2D eigenvalue weighted by Gasteiger charge is -2.15. The van der Waals surface area contributed by atoms with E-state index in [0.717, 1.165) is 12.8 Å². The van der Waals surface area contributed by atoms with Gasteiger partial charge in [0.15, 0.2) is 0 Å². The number of rotatable bonds is 6. The zero-order valence-corrected chi connectivity index (χ0v) is 19.7. The minimum absolute atomic E-state index is 0.0749. The number of aromatic nitrogens is 1. The summed E-state index contributed by atoms with van der Waals surface area (Å²) in [6, 6.07) is 11.4. The topological polar surface area (TPSA) is 111 Å². The molecule has 0 spiro atoms. The molecule has 2 heterocycles. The van der Waals surface area contributed by atoms with Gasteiger partial charge in [0.1, 0.15) is 17.0 Å². The van der Waals surface area contributed by atoms with Crippen LogP contribution in [-0.2, 0) is 14.3 Å². The molecule has 0 unspecified atom stereocenters. The molecule has 2 aromatic carbocycles. The highest BCUT2D eigenvalue weighted by Gasteiger charge is 2.24. The van der Waals surface area contributed by atoms with Crippen LogP contribution in [-0.4, -0.2) is 48.8 Å². The monoisotopic (exact) mass is 504 g/mol. The van der Waals surface area contributed by atoms with Crippen LogP contribution in [0.25, 0.3) is 10.9 Å². The van der Waals surface area contributed by atoms with E-state index in [0.29, 0.717) is 34.0 Å². The molecule has 11 heteroatoms. The van der Waals surface area contributed by atoms with Gasteiger partial charge in [-0.1, -0.05) is 35.3 Å². The van der Waals surface area contributed by atoms with Crippen molar-refractivity contribution >= 4 is 57.5 Å². The summed E-state index contributed by atoms with van der Waals surface area (Å²) in [6.45, 7) is 0.867. The fourth-order valence-electron chi connectivity index (χ4n) is 3.69. The van der Waals surface area contributed by atoms with Crippen LogP contribution in [0.5, 0.6) is 5.75 Å². The zero-order valence-electron chi connectivity index (χ0n) is 18.2. The molecule has 34 heavy (non-hydrogen) atoms. The number of carbonyl (C=O) groups excluding carboxylic acids is 3. The number of nitrogens with zero attached hydrogens (tertiary/aromatic N) is 1. The van der Waals surface area contributed by atoms with Gasteiger partial charge >= 0.3 is 11.8 Å². The Balaban J connectivity index is 1.61. The van der Waals surface area contributed by atoms with Crippen molar-refractivity contribution in [3.63, 3.8) is 0 Å². The van der Waals surface area contributed by atoms with E-state index in [4.69, 9.17) is 32.7 Å². The molecular formula is C23H22Cl2N4O5. The summed E-state index contributed by atoms with van der Waals surface area (Å²) in [7, 11) is 1.47. The molecule has 0 radical (unpaired) electrons. The van der Waals surface area contributed by atoms with Gasteiger partial charge in [-0.3, -0.25) is 19.8 Å². The minimum Gasteiger partial charge on any atom is -0.494 e. The Morgan fingerprint density at radius 2 is 1.94 bits per heavy atom. The first-order chi connectivity index (χ1) is 16.4. The molecule has 9 nitrogen and oxygen atoms in total. The number of nitrogens with one attached hydrogen (secondary N) is 3. The number of para-hydroxylation sites is 1. The Bertz CT molecular complexity index is 1250. The van der Waals surface area contributed by atoms with Crippen molar-refractivity contribution in [3.8, 4) is 5.75 Å². The maximum Gasteiger partial charge on any atom is 0.328 e. The van der Waals surface area contributed by atoms with Gasteiger partial charge in [0.2, 0.25) is 0 Å². The second-order valence-electron chi connectivity index (χ2n) is 7.63. The molecule has 1 aromatic heterocycles. The van der Waals surface area contributed by atoms with Gasteiger partial charge in [-0.05, 0) is 43.2 Å². The Kier molecular flexibility index (Phi) is 7.26. The molecule has 1 fully saturated rings. The molecule has 1 saturated heterocycles. The Hall–Kier alpha value is -3.27. The Morgan fingerprint density at radius 1 is 1.12 bits per heavy atom. The number of carbonyl (C=O) groups is 3. The Morgan fingerprint density at radius 3 is 2.65 bits per heavy atom. The van der Waals surface area contributed by atoms with Crippen molar-refractivity contribution < 1.29 is 23.9 Å². The number of hydrogen-bond acceptors (Lipinski definition) is 5. The first kappa shape index (κ1) is 23.9. The summed E-state index contributed by atoms with van der Waals surface area (Å²) >= 11 is 12.0. The van der Waals surface area contributed by atoms with E-state index in [-0.39, 0.29) is 23.4 Å². The normalized spacial score (nSPS) is 15.2. The van der Waals surface area contributed by atoms with Gasteiger partial charge < -0.3 is 20.1 Å². The Labute approximate surface area is 205 Å². The summed E-state index contributed by atoms with van der Waals surface area (Å²) in [4.78, 5) is 38.2. The third kappa shape index (κ3) is 5.11. The highest BCUT2D eigenvalue weighted by molar-refractivity contribution is 6.42. The predicted octanol–water partition coefficient (Wildman–Crippen LogP) is 3.57. The van der Waals surface area contributed by atoms with Gasteiger partial charge in [-0.15, -0.1) is 0 Å². The molecular weight excluding hydrogens is 483 g/mol. The fraction of sp³-hybridized carbons (Fsp3) is 0.261. The molecule has 3 N–H and O–H groups in total. The number of anilines is 1. The standard InChI is InChI=1S/C23H22Cl2N4O5/c1-33-19-6-2-4-13-10-18(21(30)27-14-7-8-16(24)17(25)11-14)29(20(13)19)28-23(32)22(31)26-12-15-5-3-9-34-15/h2,4,6-8,10-11,15H,3,5,9,12H2,1H3,(H,26,31)(H,27,30)(H,28,32)/t15-/m0/s1. The van der Waals surface area contributed by atoms with Crippen molar-refractivity contribution in [1.82, 2.24) is 9.99 Å². The van der Waals surface area contributed by atoms with E-state index in [1.807, 2.05) is 0 Å². The van der Waals surface area contributed by atoms with Crippen molar-refractivity contribution in [2.45, 2.75) is 18.9 Å². The van der Waals surface area contributed by atoms with E-state index >= 15 is 0 Å². The quantitative estimate of drug-likeness (QED) is 0.444. The lowest BCUT2D eigenvalue weighted by atomic mass is 10.2. The predicted molar refractivity (Wildman–Crippen MR) is 129 cm³/mol. The van der Waals surface area contributed by atoms with Gasteiger partial charge in [-0.2, -0.15) is 0 Å². The van der Waals surface area contributed by atoms with Crippen LogP contribution in [0.3, 0.4) is 0 Å². The van der Waals surface area contributed by atoms with E-state index in [1.165, 1.54) is 17.9 Å². The molecule has 1 aliphatic rings. The molecule has 0 aliphatic carbocycles. The maximum absolute atomic E-state index is 13.1. The largest absolute Gasteiger partial charge is 0.494 e. The SMILES string of the molecule is COc1cccc2cc(C(=O)Nc3ccc(Cl)c(Cl)c3)n(NC(=O)C(=O)NC[C@@H]3CCCO3)c12. The number of fused-ring (bicyclic) bond motifs is 1. The molecule has 1 atom stereocenters. The third-order valence-electron chi connectivity index (χ3n) is 5.35. The molecule has 0 bridgehead atoms. The number of ether oxygens (including phenoxy) is 2. The maximum atomic E-state index is 13.1. The zero-order chi connectivity index (χ0) is 24.2. The van der Waals surface area contributed by atoms with Crippen LogP contribution in [0.2, 0.25) is 10.0 Å². The summed E-state index contributed by atoms with van der Waals surface area (Å²) in [5, 5.41) is 6.53. The minimum atomic E-state index is -0.940. The average Bonchev–Trinajstić information content (AvgIpc) is 3.48. The van der Waals surface area contributed by atoms with Crippen molar-refractivity contribution in [3.05, 3.63) is 58.2 Å². The van der Waals surface area contributed by atoms with Crippen LogP contribution >= 0.6 is 23.2 Å². The molecule has 178 valence electrons. The van der Waals surface area contributed by atoms with Crippen molar-refractivity contribution in [2.75, 3.05) is 31.0 Å². The third-order valence-corrected chi connectivity index (χ3v) is 6.09. The first-order valence-corrected chi connectivity index (χ1v) is 11.3. The van der Waals surface area contributed by atoms with Crippen molar-refractivity contribution in [2.24, 2.45) is 0 Å². The molecule has 3 amide bonds. The summed E-state index contributed by atoms with van der Waals surface area (Å²) < 4.78 is 12.1. The van der Waals surface area contributed by atoms with Gasteiger partial charge in [0.25, 0.3) is 5.91 Å². The lowest BCUT2D eigenvalue weighted by molar-refractivity contribution is -0.136. The molecule has 4 rings (SSSR count). The van der Waals surface area contributed by atoms with Gasteiger partial charge in [0, 0.05) is 24.2 Å². The van der Waals surface area contributed by atoms with Crippen LogP contribution in [0.1, 0.15) is 23.3 Å². The summed E-state index contributed by atoms with van der Waals surface area (Å²) in [5.74, 6) is -1.92. The van der Waals surface area contributed by atoms with E-state index in [1.54, 1.807) is 36.4 Å². The smallest absolute Gasteiger partial charge is 0.328 e. The number of benzene rings is 2. The van der Waals surface area contributed by atoms with Gasteiger partial charge in [0.05, 0.1) is 23.3 Å². The van der Waals surface area contributed by atoms with Crippen LogP contribution in [0.4, 0.5) is 5.69 Å². The summed E-state index contributed by atoms with van der Waals surface area (Å²) in [5.41, 5.74) is 3.41. The van der Waals surface area contributed by atoms with E-state index in [2.05, 4.69) is 16.1 Å². The van der Waals surface area contributed by atoms with Crippen LogP contribution in [0.15, 0.2) is 42.5 Å². The summed E-state index contributed by atoms with van der Waals surface area (Å²) in [6.07, 6.45) is 1.62. The van der Waals surface area contributed by atoms with Crippen molar-refractivity contribution in [1.29, 1.82) is 0 Å². The molecule has 1 aliphatic heterocycles. The average molecular weight is 505 g/mol. The molecule has 0 saturated carbocycles. The fourth-order valence-corrected chi connectivity index (χ4v) is 3.99. The number of methoxy groups -OCH3 is 1. The van der Waals surface area contributed by atoms with E-state index < -0.39 is 17.7 Å². The number of hydrogen-bond donors (Lipinski definition) is 3. The van der Waals surface area contributed by atoms with Crippen LogP contribution < -0.4 is 20.8 Å².